The highest BCUT2D eigenvalue weighted by Crippen LogP contribution is 2.02. The van der Waals surface area contributed by atoms with Crippen molar-refractivity contribution in [2.75, 3.05) is 14.2 Å². The number of esters is 1. The molecule has 12 heavy (non-hydrogen) atoms. The first-order valence-corrected chi connectivity index (χ1v) is 3.22. The first-order chi connectivity index (χ1) is 5.77. The predicted octanol–water partition coefficient (Wildman–Crippen LogP) is 0.272. The van der Waals surface area contributed by atoms with Crippen molar-refractivity contribution in [1.29, 1.82) is 0 Å². The average Bonchev–Trinajstić information content (AvgIpc) is 2.17. The van der Waals surface area contributed by atoms with Crippen LogP contribution >= 0.6 is 0 Å². The lowest BCUT2D eigenvalue weighted by atomic mass is 10.3. The minimum Gasteiger partial charge on any atom is -0.467 e. The lowest BCUT2D eigenvalue weighted by Gasteiger charge is -1.98. The molecule has 0 saturated carbocycles. The Bertz CT molecular complexity index is 270. The zero-order chi connectivity index (χ0) is 8.97. The molecule has 0 radical (unpaired) electrons. The van der Waals surface area contributed by atoms with Gasteiger partial charge in [-0.1, -0.05) is 0 Å². The van der Waals surface area contributed by atoms with Crippen LogP contribution in [0.4, 0.5) is 0 Å². The molecule has 0 aliphatic carbocycles. The van der Waals surface area contributed by atoms with Gasteiger partial charge in [-0.2, -0.15) is 0 Å². The Kier molecular flexibility index (Phi) is 2.57. The van der Waals surface area contributed by atoms with Crippen molar-refractivity contribution in [3.05, 3.63) is 18.0 Å². The molecule has 0 fully saturated rings. The van der Waals surface area contributed by atoms with Crippen LogP contribution in [0.5, 0.6) is 6.01 Å². The van der Waals surface area contributed by atoms with Gasteiger partial charge in [0.2, 0.25) is 0 Å². The Balaban J connectivity index is 2.84. The fourth-order valence-electron chi connectivity index (χ4n) is 0.645. The first kappa shape index (κ1) is 8.45. The Morgan fingerprint density at radius 2 is 1.92 bits per heavy atom. The van der Waals surface area contributed by atoms with E-state index in [9.17, 15) is 4.79 Å². The molecule has 1 heterocycles. The van der Waals surface area contributed by atoms with Gasteiger partial charge in [-0.3, -0.25) is 0 Å². The van der Waals surface area contributed by atoms with Gasteiger partial charge in [0.1, 0.15) is 0 Å². The number of rotatable bonds is 2. The lowest BCUT2D eigenvalue weighted by Crippen LogP contribution is -2.03. The molecule has 0 amide bonds. The molecule has 1 aromatic rings. The number of ether oxygens (including phenoxy) is 2. The molecule has 64 valence electrons. The molecular weight excluding hydrogens is 160 g/mol. The highest BCUT2D eigenvalue weighted by molar-refractivity contribution is 5.88. The summed E-state index contributed by atoms with van der Waals surface area (Å²) in [5.41, 5.74) is 0.304. The number of carbonyl (C=O) groups excluding carboxylic acids is 1. The molecule has 0 atom stereocenters. The molecule has 0 aliphatic heterocycles. The summed E-state index contributed by atoms with van der Waals surface area (Å²) in [5, 5.41) is 0. The molecule has 5 heteroatoms. The van der Waals surface area contributed by atoms with Gasteiger partial charge in [0, 0.05) is 12.4 Å². The Morgan fingerprint density at radius 1 is 1.33 bits per heavy atom. The Hall–Kier alpha value is -1.65. The monoisotopic (exact) mass is 168 g/mol. The molecule has 1 aromatic heterocycles. The minimum absolute atomic E-state index is 0.225. The van der Waals surface area contributed by atoms with Gasteiger partial charge in [-0.25, -0.2) is 14.8 Å². The van der Waals surface area contributed by atoms with Crippen molar-refractivity contribution in [3.63, 3.8) is 0 Å². The van der Waals surface area contributed by atoms with Gasteiger partial charge in [-0.05, 0) is 0 Å². The summed E-state index contributed by atoms with van der Waals surface area (Å²) in [6, 6.07) is 0.225. The fourth-order valence-corrected chi connectivity index (χ4v) is 0.645. The number of hydrogen-bond acceptors (Lipinski definition) is 5. The van der Waals surface area contributed by atoms with Crippen molar-refractivity contribution < 1.29 is 14.3 Å². The van der Waals surface area contributed by atoms with Crippen LogP contribution in [0, 0.1) is 0 Å². The smallest absolute Gasteiger partial charge is 0.341 e. The number of carbonyl (C=O) groups is 1. The summed E-state index contributed by atoms with van der Waals surface area (Å²) in [6.07, 6.45) is 2.69. The van der Waals surface area contributed by atoms with Crippen LogP contribution in [0.3, 0.4) is 0 Å². The van der Waals surface area contributed by atoms with Gasteiger partial charge in [-0.15, -0.1) is 0 Å². The summed E-state index contributed by atoms with van der Waals surface area (Å²) in [6.45, 7) is 0. The molecule has 5 nitrogen and oxygen atoms in total. The maximum absolute atomic E-state index is 10.9. The van der Waals surface area contributed by atoms with Crippen LogP contribution < -0.4 is 4.74 Å². The summed E-state index contributed by atoms with van der Waals surface area (Å²) in [4.78, 5) is 18.3. The Labute approximate surface area is 69.4 Å². The van der Waals surface area contributed by atoms with Crippen LogP contribution in [0.2, 0.25) is 0 Å². The highest BCUT2D eigenvalue weighted by Gasteiger charge is 2.05. The van der Waals surface area contributed by atoms with Crippen LogP contribution in [0.25, 0.3) is 0 Å². The second-order valence-electron chi connectivity index (χ2n) is 1.95. The highest BCUT2D eigenvalue weighted by atomic mass is 16.5. The Morgan fingerprint density at radius 3 is 2.33 bits per heavy atom. The first-order valence-electron chi connectivity index (χ1n) is 3.22. The molecule has 0 bridgehead atoms. The van der Waals surface area contributed by atoms with E-state index in [0.29, 0.717) is 5.56 Å². The number of aromatic nitrogens is 2. The fraction of sp³-hybridized carbons (Fsp3) is 0.286. The molecule has 0 aliphatic rings. The quantitative estimate of drug-likeness (QED) is 0.593. The number of methoxy groups -OCH3 is 2. The van der Waals surface area contributed by atoms with Crippen molar-refractivity contribution in [1.82, 2.24) is 9.97 Å². The lowest BCUT2D eigenvalue weighted by molar-refractivity contribution is 0.0599. The summed E-state index contributed by atoms with van der Waals surface area (Å²) in [5.74, 6) is -0.461. The van der Waals surface area contributed by atoms with E-state index in [0.717, 1.165) is 0 Å². The van der Waals surface area contributed by atoms with E-state index in [1.54, 1.807) is 0 Å². The van der Waals surface area contributed by atoms with E-state index in [2.05, 4.69) is 14.7 Å². The zero-order valence-electron chi connectivity index (χ0n) is 6.77. The van der Waals surface area contributed by atoms with E-state index < -0.39 is 5.97 Å². The molecule has 0 unspecified atom stereocenters. The summed E-state index contributed by atoms with van der Waals surface area (Å²) >= 11 is 0. The van der Waals surface area contributed by atoms with Crippen LogP contribution in [-0.2, 0) is 4.74 Å². The van der Waals surface area contributed by atoms with E-state index in [1.807, 2.05) is 0 Å². The SMILES string of the molecule is COC(=O)c1cnc(OC)nc1. The standard InChI is InChI=1S/C7H8N2O3/c1-11-6(10)5-3-8-7(12-2)9-4-5/h3-4H,1-2H3. The van der Waals surface area contributed by atoms with Gasteiger partial charge in [0.15, 0.2) is 0 Å². The van der Waals surface area contributed by atoms with Crippen molar-refractivity contribution in [3.8, 4) is 6.01 Å². The van der Waals surface area contributed by atoms with E-state index in [4.69, 9.17) is 4.74 Å². The third-order valence-corrected chi connectivity index (χ3v) is 1.23. The average molecular weight is 168 g/mol. The van der Waals surface area contributed by atoms with Crippen molar-refractivity contribution in [2.24, 2.45) is 0 Å². The van der Waals surface area contributed by atoms with Crippen LogP contribution in [0.1, 0.15) is 10.4 Å². The third kappa shape index (κ3) is 1.69. The van der Waals surface area contributed by atoms with Crippen molar-refractivity contribution in [2.45, 2.75) is 0 Å². The molecule has 0 aromatic carbocycles. The summed E-state index contributed by atoms with van der Waals surface area (Å²) in [7, 11) is 2.75. The van der Waals surface area contributed by atoms with Gasteiger partial charge in [0.25, 0.3) is 0 Å². The van der Waals surface area contributed by atoms with E-state index in [-0.39, 0.29) is 6.01 Å². The maximum atomic E-state index is 10.9. The van der Waals surface area contributed by atoms with Crippen LogP contribution in [0.15, 0.2) is 12.4 Å². The van der Waals surface area contributed by atoms with Gasteiger partial charge < -0.3 is 9.47 Å². The number of nitrogens with zero attached hydrogens (tertiary/aromatic N) is 2. The summed E-state index contributed by atoms with van der Waals surface area (Å²) < 4.78 is 9.16. The normalized spacial score (nSPS) is 9.17. The van der Waals surface area contributed by atoms with E-state index >= 15 is 0 Å². The molecular formula is C7H8N2O3. The minimum atomic E-state index is -0.461. The van der Waals surface area contributed by atoms with Crippen molar-refractivity contribution >= 4 is 5.97 Å². The molecule has 1 rings (SSSR count). The van der Waals surface area contributed by atoms with Crippen LogP contribution in [-0.4, -0.2) is 30.2 Å². The van der Waals surface area contributed by atoms with Gasteiger partial charge >= 0.3 is 12.0 Å². The third-order valence-electron chi connectivity index (χ3n) is 1.23. The topological polar surface area (TPSA) is 61.3 Å². The largest absolute Gasteiger partial charge is 0.467 e. The second-order valence-corrected chi connectivity index (χ2v) is 1.95. The molecule has 0 N–H and O–H groups in total. The molecule has 0 saturated heterocycles. The maximum Gasteiger partial charge on any atom is 0.341 e. The second kappa shape index (κ2) is 3.66. The number of hydrogen-bond donors (Lipinski definition) is 0. The zero-order valence-corrected chi connectivity index (χ0v) is 6.77. The predicted molar refractivity (Wildman–Crippen MR) is 39.9 cm³/mol. The molecule has 0 spiro atoms. The van der Waals surface area contributed by atoms with Gasteiger partial charge in [0.05, 0.1) is 19.8 Å². The van der Waals surface area contributed by atoms with E-state index in [1.165, 1.54) is 26.6 Å².